The molecule has 2 amide bonds. The molecule has 1 aliphatic heterocycles. The molecule has 1 saturated carbocycles. The molecule has 0 spiro atoms. The fourth-order valence-electron chi connectivity index (χ4n) is 6.92. The Hall–Kier alpha value is -2.42. The molecular weight excluding hydrogens is 651 g/mol. The van der Waals surface area contributed by atoms with Crippen molar-refractivity contribution in [1.29, 1.82) is 0 Å². The van der Waals surface area contributed by atoms with Gasteiger partial charge in [0.05, 0.1) is 34.6 Å². The molecule has 0 bridgehead atoms. The molecule has 1 aromatic heterocycles. The Morgan fingerprint density at radius 1 is 1.04 bits per heavy atom. The fraction of sp³-hybridized carbons (Fsp3) is 0.686. The lowest BCUT2D eigenvalue weighted by Gasteiger charge is -2.32. The Kier molecular flexibility index (Phi) is 14.4. The molecule has 48 heavy (non-hydrogen) atoms. The molecular formula is C35H55N5O6S2. The summed E-state index contributed by atoms with van der Waals surface area (Å²) in [6.07, 6.45) is 5.28. The minimum Gasteiger partial charge on any atom is -0.390 e. The number of nitrogens with zero attached hydrogens (tertiary/aromatic N) is 3. The van der Waals surface area contributed by atoms with Crippen molar-refractivity contribution < 1.29 is 28.2 Å². The van der Waals surface area contributed by atoms with Gasteiger partial charge in [0.25, 0.3) is 0 Å². The third kappa shape index (κ3) is 11.3. The first-order valence-electron chi connectivity index (χ1n) is 17.4. The minimum atomic E-state index is -3.75. The number of rotatable bonds is 17. The van der Waals surface area contributed by atoms with Gasteiger partial charge in [-0.2, -0.15) is 4.31 Å². The summed E-state index contributed by atoms with van der Waals surface area (Å²) >= 11 is 1.38. The van der Waals surface area contributed by atoms with E-state index in [0.29, 0.717) is 49.2 Å². The molecule has 1 aromatic carbocycles. The molecule has 13 heteroatoms. The van der Waals surface area contributed by atoms with E-state index in [2.05, 4.69) is 10.2 Å². The van der Waals surface area contributed by atoms with Crippen LogP contribution in [0, 0.1) is 17.8 Å². The molecule has 2 heterocycles. The molecule has 2 aromatic rings. The quantitative estimate of drug-likeness (QED) is 0.195. The molecule has 5 unspecified atom stereocenters. The van der Waals surface area contributed by atoms with Crippen LogP contribution < -0.4 is 11.1 Å². The number of piperazine rings is 1. The van der Waals surface area contributed by atoms with Crippen LogP contribution in [0.15, 0.2) is 35.7 Å². The van der Waals surface area contributed by atoms with Gasteiger partial charge in [-0.05, 0) is 43.7 Å². The lowest BCUT2D eigenvalue weighted by Crippen LogP contribution is -2.52. The van der Waals surface area contributed by atoms with Gasteiger partial charge in [0.2, 0.25) is 21.8 Å². The number of nitrogens with one attached hydrogen (secondary N) is 1. The Balaban J connectivity index is 1.50. The van der Waals surface area contributed by atoms with Crippen LogP contribution >= 0.6 is 11.3 Å². The zero-order chi connectivity index (χ0) is 34.8. The number of thiazole rings is 1. The van der Waals surface area contributed by atoms with E-state index in [1.807, 2.05) is 56.6 Å². The van der Waals surface area contributed by atoms with Crippen molar-refractivity contribution in [3.8, 4) is 0 Å². The van der Waals surface area contributed by atoms with Crippen LogP contribution in [-0.4, -0.2) is 102 Å². The van der Waals surface area contributed by atoms with Crippen molar-refractivity contribution in [2.75, 3.05) is 39.0 Å². The number of aromatic nitrogens is 1. The highest BCUT2D eigenvalue weighted by Crippen LogP contribution is 2.37. The zero-order valence-corrected chi connectivity index (χ0v) is 30.3. The largest absolute Gasteiger partial charge is 0.390 e. The van der Waals surface area contributed by atoms with Crippen molar-refractivity contribution in [2.24, 2.45) is 23.5 Å². The van der Waals surface area contributed by atoms with Gasteiger partial charge in [-0.1, -0.05) is 76.3 Å². The number of amides is 2. The monoisotopic (exact) mass is 705 g/mol. The number of carbonyl (C=O) groups excluding carboxylic acids is 2. The summed E-state index contributed by atoms with van der Waals surface area (Å²) in [4.78, 5) is 33.3. The van der Waals surface area contributed by atoms with Gasteiger partial charge in [0.15, 0.2) is 0 Å². The average molecular weight is 706 g/mol. The lowest BCUT2D eigenvalue weighted by molar-refractivity contribution is -0.129. The Labute approximate surface area is 290 Å². The van der Waals surface area contributed by atoms with Gasteiger partial charge in [0, 0.05) is 43.9 Å². The zero-order valence-electron chi connectivity index (χ0n) is 28.7. The lowest BCUT2D eigenvalue weighted by atomic mass is 9.79. The van der Waals surface area contributed by atoms with Crippen molar-refractivity contribution >= 4 is 33.2 Å². The predicted molar refractivity (Wildman–Crippen MR) is 189 cm³/mol. The highest BCUT2D eigenvalue weighted by Gasteiger charge is 2.35. The van der Waals surface area contributed by atoms with E-state index in [9.17, 15) is 28.2 Å². The first-order chi connectivity index (χ1) is 22.8. The van der Waals surface area contributed by atoms with Crippen molar-refractivity contribution in [1.82, 2.24) is 19.5 Å². The van der Waals surface area contributed by atoms with Crippen LogP contribution in [0.5, 0.6) is 0 Å². The van der Waals surface area contributed by atoms with Crippen LogP contribution in [0.4, 0.5) is 0 Å². The summed E-state index contributed by atoms with van der Waals surface area (Å²) in [5.74, 6) is -2.32. The minimum absolute atomic E-state index is 0.0294. The van der Waals surface area contributed by atoms with E-state index in [4.69, 9.17) is 10.7 Å². The standard InChI is InChI=1S/C35H55N5O6S2/c1-24(2)18-31(41)32(42)29(20-26-12-8-5-9-13-26)35-37-28(22-47-35)21-30(33(36)43)38-34(44)27(19-25-10-6-4-7-11-25)23-48(45,46)40-16-14-39(3)15-17-40/h4,6-7,10-11,22,24,26-27,29-32,41-42H,5,8-9,12-21,23H2,1-3H3,(H2,36,43)(H,38,44). The van der Waals surface area contributed by atoms with E-state index in [0.717, 1.165) is 37.7 Å². The molecule has 5 N–H and O–H groups in total. The predicted octanol–water partition coefficient (Wildman–Crippen LogP) is 2.91. The number of likely N-dealkylation sites (N-methyl/N-ethyl adjacent to an activating group) is 1. The first-order valence-corrected chi connectivity index (χ1v) is 19.9. The third-order valence-corrected chi connectivity index (χ3v) is 12.8. The summed E-state index contributed by atoms with van der Waals surface area (Å²) in [5.41, 5.74) is 7.14. The van der Waals surface area contributed by atoms with Crippen LogP contribution in [0.1, 0.15) is 81.0 Å². The number of benzene rings is 1. The van der Waals surface area contributed by atoms with Crippen LogP contribution in [-0.2, 0) is 32.5 Å². The van der Waals surface area contributed by atoms with E-state index in [1.165, 1.54) is 22.1 Å². The van der Waals surface area contributed by atoms with Gasteiger partial charge in [-0.25, -0.2) is 13.4 Å². The summed E-state index contributed by atoms with van der Waals surface area (Å²) < 4.78 is 28.4. The Bertz CT molecular complexity index is 1410. The molecule has 4 rings (SSSR count). The topological polar surface area (TPSA) is 166 Å². The third-order valence-electron chi connectivity index (χ3n) is 9.75. The smallest absolute Gasteiger partial charge is 0.240 e. The molecule has 5 atom stereocenters. The van der Waals surface area contributed by atoms with E-state index in [1.54, 1.807) is 0 Å². The second-order valence-corrected chi connectivity index (χ2v) is 17.1. The number of aliphatic hydroxyl groups excluding tert-OH is 2. The number of carbonyl (C=O) groups is 2. The van der Waals surface area contributed by atoms with Crippen LogP contribution in [0.25, 0.3) is 0 Å². The summed E-state index contributed by atoms with van der Waals surface area (Å²) in [5, 5.41) is 27.5. The Morgan fingerprint density at radius 3 is 2.33 bits per heavy atom. The SMILES string of the molecule is CC(C)CC(O)C(O)C(CC1CCCCC1)c1nc(CC(NC(=O)C(Cc2ccccc2)CS(=O)(=O)N2CCN(C)CC2)C(N)=O)cs1. The maximum Gasteiger partial charge on any atom is 0.240 e. The summed E-state index contributed by atoms with van der Waals surface area (Å²) in [6.45, 7) is 5.97. The molecule has 1 aliphatic carbocycles. The van der Waals surface area contributed by atoms with Gasteiger partial charge < -0.3 is 26.2 Å². The second kappa shape index (κ2) is 18.0. The van der Waals surface area contributed by atoms with Gasteiger partial charge in [-0.15, -0.1) is 11.3 Å². The average Bonchev–Trinajstić information content (AvgIpc) is 3.51. The fourth-order valence-corrected chi connectivity index (χ4v) is 9.61. The highest BCUT2D eigenvalue weighted by atomic mass is 32.2. The summed E-state index contributed by atoms with van der Waals surface area (Å²) in [7, 11) is -1.81. The van der Waals surface area contributed by atoms with Crippen molar-refractivity contribution in [2.45, 2.75) is 95.8 Å². The maximum absolute atomic E-state index is 13.8. The van der Waals surface area contributed by atoms with Crippen molar-refractivity contribution in [3.05, 3.63) is 52.0 Å². The Morgan fingerprint density at radius 2 is 1.71 bits per heavy atom. The van der Waals surface area contributed by atoms with E-state index < -0.39 is 46.0 Å². The number of nitrogens with two attached hydrogens (primary N) is 1. The molecule has 0 radical (unpaired) electrons. The molecule has 1 saturated heterocycles. The summed E-state index contributed by atoms with van der Waals surface area (Å²) in [6, 6.07) is 8.12. The molecule has 2 aliphatic rings. The van der Waals surface area contributed by atoms with Gasteiger partial charge in [0.1, 0.15) is 6.04 Å². The normalized spacial score (nSPS) is 20.2. The molecule has 2 fully saturated rings. The van der Waals surface area contributed by atoms with Gasteiger partial charge >= 0.3 is 0 Å². The van der Waals surface area contributed by atoms with Crippen LogP contribution in [0.3, 0.4) is 0 Å². The maximum atomic E-state index is 13.8. The van der Waals surface area contributed by atoms with Crippen molar-refractivity contribution in [3.63, 3.8) is 0 Å². The number of hydrogen-bond donors (Lipinski definition) is 4. The number of sulfonamides is 1. The number of primary amides is 1. The number of aliphatic hydroxyl groups is 2. The van der Waals surface area contributed by atoms with E-state index in [-0.39, 0.29) is 30.4 Å². The van der Waals surface area contributed by atoms with Gasteiger partial charge in [-0.3, -0.25) is 9.59 Å². The second-order valence-electron chi connectivity index (χ2n) is 14.2. The number of hydrogen-bond acceptors (Lipinski definition) is 9. The van der Waals surface area contributed by atoms with Crippen LogP contribution in [0.2, 0.25) is 0 Å². The molecule has 268 valence electrons. The molecule has 11 nitrogen and oxygen atoms in total. The highest BCUT2D eigenvalue weighted by molar-refractivity contribution is 7.89. The first kappa shape index (κ1) is 38.4. The van der Waals surface area contributed by atoms with E-state index >= 15 is 0 Å².